The largest absolute Gasteiger partial charge is 0.394 e. The van der Waals surface area contributed by atoms with Gasteiger partial charge in [0.15, 0.2) is 0 Å². The van der Waals surface area contributed by atoms with Crippen LogP contribution in [0, 0.1) is 0 Å². The lowest BCUT2D eigenvalue weighted by Crippen LogP contribution is -2.51. The predicted molar refractivity (Wildman–Crippen MR) is 117 cm³/mol. The lowest BCUT2D eigenvalue weighted by atomic mass is 9.98. The van der Waals surface area contributed by atoms with Crippen molar-refractivity contribution in [2.45, 2.75) is 47.3 Å². The monoisotopic (exact) mass is 488 g/mol. The quantitative estimate of drug-likeness (QED) is 0.495. The summed E-state index contributed by atoms with van der Waals surface area (Å²) < 4.78 is 60.9. The van der Waals surface area contributed by atoms with Crippen LogP contribution in [0.3, 0.4) is 0 Å². The number of aliphatic hydroxyl groups is 1. The highest BCUT2D eigenvalue weighted by molar-refractivity contribution is 7.89. The van der Waals surface area contributed by atoms with E-state index in [0.29, 0.717) is 19.3 Å². The van der Waals surface area contributed by atoms with Crippen molar-refractivity contribution in [2.24, 2.45) is 0 Å². The van der Waals surface area contributed by atoms with Crippen LogP contribution in [-0.2, 0) is 24.8 Å². The lowest BCUT2D eigenvalue weighted by Gasteiger charge is -2.36. The molecule has 0 spiro atoms. The SMILES string of the molecule is O=S(=O)(N[C@@H]1CC[C@@H](CCNS(=O)(=O)c2ccccc2Cl)O[C@H]1CO)c1ccccc1. The molecular weight excluding hydrogens is 464 g/mol. The van der Waals surface area contributed by atoms with Gasteiger partial charge in [-0.3, -0.25) is 0 Å². The average molecular weight is 489 g/mol. The molecule has 31 heavy (non-hydrogen) atoms. The number of hydrogen-bond donors (Lipinski definition) is 3. The predicted octanol–water partition coefficient (Wildman–Crippen LogP) is 1.90. The Morgan fingerprint density at radius 1 is 0.968 bits per heavy atom. The number of benzene rings is 2. The molecule has 0 amide bonds. The van der Waals surface area contributed by atoms with Crippen LogP contribution in [0.2, 0.25) is 5.02 Å². The summed E-state index contributed by atoms with van der Waals surface area (Å²) in [4.78, 5) is 0.146. The minimum absolute atomic E-state index is 0.00449. The molecule has 1 saturated heterocycles. The highest BCUT2D eigenvalue weighted by Crippen LogP contribution is 2.24. The Balaban J connectivity index is 1.55. The number of aliphatic hydroxyl groups excluding tert-OH is 1. The van der Waals surface area contributed by atoms with Gasteiger partial charge >= 0.3 is 0 Å². The fourth-order valence-corrected chi connectivity index (χ4v) is 6.33. The zero-order valence-electron chi connectivity index (χ0n) is 16.6. The van der Waals surface area contributed by atoms with Gasteiger partial charge in [0.05, 0.1) is 34.8 Å². The van der Waals surface area contributed by atoms with Gasteiger partial charge in [0.25, 0.3) is 0 Å². The summed E-state index contributed by atoms with van der Waals surface area (Å²) in [6.45, 7) is -0.236. The topological polar surface area (TPSA) is 122 Å². The van der Waals surface area contributed by atoms with Crippen molar-refractivity contribution in [3.05, 3.63) is 59.6 Å². The maximum absolute atomic E-state index is 12.6. The summed E-state index contributed by atoms with van der Waals surface area (Å²) in [6, 6.07) is 13.6. The molecule has 11 heteroatoms. The van der Waals surface area contributed by atoms with Crippen LogP contribution in [0.1, 0.15) is 19.3 Å². The van der Waals surface area contributed by atoms with Gasteiger partial charge in [-0.05, 0) is 43.5 Å². The summed E-state index contributed by atoms with van der Waals surface area (Å²) in [6.07, 6.45) is 0.310. The van der Waals surface area contributed by atoms with Crippen LogP contribution in [0.4, 0.5) is 0 Å². The van der Waals surface area contributed by atoms with Gasteiger partial charge in [0, 0.05) is 6.54 Å². The van der Waals surface area contributed by atoms with Crippen molar-refractivity contribution in [3.63, 3.8) is 0 Å². The fraction of sp³-hybridized carbons (Fsp3) is 0.400. The molecule has 0 aromatic heterocycles. The molecular formula is C20H25ClN2O6S2. The molecule has 0 unspecified atom stereocenters. The number of hydrogen-bond acceptors (Lipinski definition) is 6. The lowest BCUT2D eigenvalue weighted by molar-refractivity contribution is -0.0869. The fourth-order valence-electron chi connectivity index (χ4n) is 3.44. The number of halogens is 1. The summed E-state index contributed by atoms with van der Waals surface area (Å²) in [5.74, 6) is 0. The van der Waals surface area contributed by atoms with E-state index in [2.05, 4.69) is 9.44 Å². The summed E-state index contributed by atoms with van der Waals surface area (Å²) in [7, 11) is -7.49. The third-order valence-electron chi connectivity index (χ3n) is 5.04. The molecule has 1 aliphatic rings. The maximum Gasteiger partial charge on any atom is 0.242 e. The van der Waals surface area contributed by atoms with Gasteiger partial charge in [0.2, 0.25) is 20.0 Å². The molecule has 0 aliphatic carbocycles. The van der Waals surface area contributed by atoms with Gasteiger partial charge in [-0.25, -0.2) is 26.3 Å². The van der Waals surface area contributed by atoms with Gasteiger partial charge in [-0.15, -0.1) is 0 Å². The molecule has 3 atom stereocenters. The summed E-state index contributed by atoms with van der Waals surface area (Å²) in [5, 5.41) is 9.83. The van der Waals surface area contributed by atoms with E-state index >= 15 is 0 Å². The molecule has 170 valence electrons. The Morgan fingerprint density at radius 2 is 1.65 bits per heavy atom. The molecule has 1 heterocycles. The van der Waals surface area contributed by atoms with Crippen LogP contribution < -0.4 is 9.44 Å². The highest BCUT2D eigenvalue weighted by atomic mass is 35.5. The molecule has 3 N–H and O–H groups in total. The number of ether oxygens (including phenoxy) is 1. The van der Waals surface area contributed by atoms with Crippen LogP contribution in [0.15, 0.2) is 64.4 Å². The summed E-state index contributed by atoms with van der Waals surface area (Å²) >= 11 is 5.96. The molecule has 3 rings (SSSR count). The van der Waals surface area contributed by atoms with Crippen molar-refractivity contribution in [2.75, 3.05) is 13.2 Å². The van der Waals surface area contributed by atoms with E-state index < -0.39 is 32.2 Å². The Morgan fingerprint density at radius 3 is 2.32 bits per heavy atom. The van der Waals surface area contributed by atoms with Crippen LogP contribution in [0.5, 0.6) is 0 Å². The van der Waals surface area contributed by atoms with E-state index in [0.717, 1.165) is 0 Å². The first-order valence-electron chi connectivity index (χ1n) is 9.81. The van der Waals surface area contributed by atoms with Crippen LogP contribution in [0.25, 0.3) is 0 Å². The van der Waals surface area contributed by atoms with E-state index in [1.54, 1.807) is 30.3 Å². The first-order valence-corrected chi connectivity index (χ1v) is 13.2. The zero-order chi connectivity index (χ0) is 22.5. The smallest absolute Gasteiger partial charge is 0.242 e. The van der Waals surface area contributed by atoms with E-state index in [-0.39, 0.29) is 34.1 Å². The van der Waals surface area contributed by atoms with Crippen molar-refractivity contribution in [3.8, 4) is 0 Å². The van der Waals surface area contributed by atoms with E-state index in [1.807, 2.05) is 0 Å². The minimum Gasteiger partial charge on any atom is -0.394 e. The van der Waals surface area contributed by atoms with E-state index in [4.69, 9.17) is 16.3 Å². The third-order valence-corrected chi connectivity index (χ3v) is 8.51. The zero-order valence-corrected chi connectivity index (χ0v) is 19.0. The van der Waals surface area contributed by atoms with E-state index in [1.165, 1.54) is 24.3 Å². The molecule has 0 radical (unpaired) electrons. The Kier molecular flexibility index (Phi) is 8.08. The number of rotatable bonds is 9. The van der Waals surface area contributed by atoms with Gasteiger partial charge in [-0.2, -0.15) is 0 Å². The standard InChI is InChI=1S/C20H25ClN2O6S2/c21-17-8-4-5-9-20(17)31(27,28)22-13-12-15-10-11-18(19(14-24)29-15)23-30(25,26)16-6-2-1-3-7-16/h1-9,15,18-19,22-24H,10-14H2/t15-,18+,19-/m0/s1. The molecule has 2 aromatic carbocycles. The second kappa shape index (κ2) is 10.4. The first kappa shape index (κ1) is 24.1. The molecule has 2 aromatic rings. The van der Waals surface area contributed by atoms with Gasteiger partial charge in [0.1, 0.15) is 4.90 Å². The molecule has 8 nitrogen and oxygen atoms in total. The minimum atomic E-state index is -3.75. The third kappa shape index (κ3) is 6.26. The van der Waals surface area contributed by atoms with Gasteiger partial charge < -0.3 is 9.84 Å². The Hall–Kier alpha value is -1.53. The Bertz CT molecular complexity index is 1080. The molecule has 1 aliphatic heterocycles. The van der Waals surface area contributed by atoms with E-state index in [9.17, 15) is 21.9 Å². The average Bonchev–Trinajstić information content (AvgIpc) is 2.75. The van der Waals surface area contributed by atoms with Crippen LogP contribution >= 0.6 is 11.6 Å². The second-order valence-electron chi connectivity index (χ2n) is 7.21. The van der Waals surface area contributed by atoms with Crippen LogP contribution in [-0.4, -0.2) is 53.3 Å². The van der Waals surface area contributed by atoms with Gasteiger partial charge in [-0.1, -0.05) is 41.9 Å². The normalized spacial score (nSPS) is 22.3. The second-order valence-corrected chi connectivity index (χ2v) is 11.1. The van der Waals surface area contributed by atoms with Crippen molar-refractivity contribution in [1.29, 1.82) is 0 Å². The molecule has 0 saturated carbocycles. The number of nitrogens with one attached hydrogen (secondary N) is 2. The number of sulfonamides is 2. The van der Waals surface area contributed by atoms with Crippen molar-refractivity contribution >= 4 is 31.6 Å². The molecule has 1 fully saturated rings. The Labute approximate surface area is 187 Å². The first-order chi connectivity index (χ1) is 14.7. The highest BCUT2D eigenvalue weighted by Gasteiger charge is 2.34. The van der Waals surface area contributed by atoms with Crippen molar-refractivity contribution < 1.29 is 26.7 Å². The van der Waals surface area contributed by atoms with Crippen molar-refractivity contribution in [1.82, 2.24) is 9.44 Å². The summed E-state index contributed by atoms with van der Waals surface area (Å²) in [5.41, 5.74) is 0. The molecule has 0 bridgehead atoms. The maximum atomic E-state index is 12.6.